The summed E-state index contributed by atoms with van der Waals surface area (Å²) in [6.07, 6.45) is 5.44. The van der Waals surface area contributed by atoms with Crippen molar-refractivity contribution >= 4 is 15.9 Å². The van der Waals surface area contributed by atoms with Crippen LogP contribution in [0, 0.1) is 0 Å². The van der Waals surface area contributed by atoms with Crippen LogP contribution in [0.1, 0.15) is 30.5 Å². The molecule has 3 nitrogen and oxygen atoms in total. The molecule has 108 valence electrons. The molecule has 0 radical (unpaired) electrons. The second-order valence-corrected chi connectivity index (χ2v) is 5.69. The lowest BCUT2D eigenvalue weighted by Gasteiger charge is -2.11. The number of aromatic nitrogens is 1. The van der Waals surface area contributed by atoms with Crippen molar-refractivity contribution in [2.75, 3.05) is 14.2 Å². The number of benzene rings is 1. The minimum Gasteiger partial charge on any atom is -0.496 e. The van der Waals surface area contributed by atoms with E-state index < -0.39 is 0 Å². The summed E-state index contributed by atoms with van der Waals surface area (Å²) in [5.41, 5.74) is 2.58. The van der Waals surface area contributed by atoms with E-state index in [2.05, 4.69) is 63.3 Å². The van der Waals surface area contributed by atoms with E-state index in [1.165, 1.54) is 11.1 Å². The molecule has 1 heterocycles. The first kappa shape index (κ1) is 15.1. The Bertz CT molecular complexity index is 561. The summed E-state index contributed by atoms with van der Waals surface area (Å²) >= 11 is 3.53. The molecule has 2 aromatic rings. The van der Waals surface area contributed by atoms with Crippen LogP contribution in [-0.2, 0) is 6.54 Å². The first-order valence-electron chi connectivity index (χ1n) is 6.83. The molecule has 1 aromatic heterocycles. The average molecular weight is 337 g/mol. The van der Waals surface area contributed by atoms with E-state index in [-0.39, 0.29) is 0 Å². The summed E-state index contributed by atoms with van der Waals surface area (Å²) in [5, 5.41) is 3.33. The zero-order valence-corrected chi connectivity index (χ0v) is 13.8. The highest BCUT2D eigenvalue weighted by molar-refractivity contribution is 9.10. The Labute approximate surface area is 129 Å². The molecule has 0 aliphatic carbocycles. The van der Waals surface area contributed by atoms with E-state index in [1.54, 1.807) is 7.11 Å². The van der Waals surface area contributed by atoms with Gasteiger partial charge in [0.1, 0.15) is 5.75 Å². The van der Waals surface area contributed by atoms with E-state index in [0.29, 0.717) is 6.04 Å². The zero-order chi connectivity index (χ0) is 14.5. The van der Waals surface area contributed by atoms with E-state index in [1.807, 2.05) is 13.1 Å². The fourth-order valence-corrected chi connectivity index (χ4v) is 2.98. The van der Waals surface area contributed by atoms with Gasteiger partial charge in [-0.3, -0.25) is 0 Å². The van der Waals surface area contributed by atoms with Crippen molar-refractivity contribution in [3.8, 4) is 5.75 Å². The van der Waals surface area contributed by atoms with Crippen LogP contribution < -0.4 is 10.1 Å². The van der Waals surface area contributed by atoms with Gasteiger partial charge in [-0.15, -0.1) is 0 Å². The van der Waals surface area contributed by atoms with Crippen molar-refractivity contribution in [1.82, 2.24) is 9.88 Å². The molecule has 0 saturated carbocycles. The summed E-state index contributed by atoms with van der Waals surface area (Å²) in [5.74, 6) is 0.864. The minimum atomic E-state index is 0.429. The maximum absolute atomic E-state index is 5.25. The van der Waals surface area contributed by atoms with Gasteiger partial charge in [0.2, 0.25) is 0 Å². The molecule has 20 heavy (non-hydrogen) atoms. The Balaban J connectivity index is 2.12. The zero-order valence-electron chi connectivity index (χ0n) is 12.2. The van der Waals surface area contributed by atoms with Crippen LogP contribution in [0.15, 0.2) is 41.1 Å². The van der Waals surface area contributed by atoms with Crippen molar-refractivity contribution in [2.45, 2.75) is 25.9 Å². The summed E-state index contributed by atoms with van der Waals surface area (Å²) in [6, 6.07) is 8.81. The van der Waals surface area contributed by atoms with E-state index in [4.69, 9.17) is 4.74 Å². The van der Waals surface area contributed by atoms with Crippen molar-refractivity contribution in [2.24, 2.45) is 0 Å². The molecular formula is C16H21BrN2O. The highest BCUT2D eigenvalue weighted by Crippen LogP contribution is 2.26. The van der Waals surface area contributed by atoms with Gasteiger partial charge in [0, 0.05) is 25.0 Å². The number of rotatable bonds is 6. The van der Waals surface area contributed by atoms with E-state index >= 15 is 0 Å². The molecular weight excluding hydrogens is 316 g/mol. The Morgan fingerprint density at radius 1 is 1.35 bits per heavy atom. The van der Waals surface area contributed by atoms with Crippen LogP contribution in [0.4, 0.5) is 0 Å². The van der Waals surface area contributed by atoms with Gasteiger partial charge in [-0.25, -0.2) is 0 Å². The predicted octanol–water partition coefficient (Wildman–Crippen LogP) is 3.98. The van der Waals surface area contributed by atoms with Gasteiger partial charge in [-0.05, 0) is 58.7 Å². The molecule has 1 N–H and O–H groups in total. The molecule has 1 unspecified atom stereocenters. The number of hydrogen-bond donors (Lipinski definition) is 1. The van der Waals surface area contributed by atoms with Crippen LogP contribution in [0.2, 0.25) is 0 Å². The summed E-state index contributed by atoms with van der Waals surface area (Å²) in [7, 11) is 3.69. The van der Waals surface area contributed by atoms with Crippen LogP contribution in [-0.4, -0.2) is 18.7 Å². The number of methoxy groups -OCH3 is 1. The van der Waals surface area contributed by atoms with Crippen molar-refractivity contribution in [3.05, 3.63) is 52.3 Å². The Morgan fingerprint density at radius 3 is 2.75 bits per heavy atom. The first-order valence-corrected chi connectivity index (χ1v) is 7.62. The third-order valence-corrected chi connectivity index (χ3v) is 4.13. The third kappa shape index (κ3) is 3.44. The SMILES string of the molecule is CCC(NC)c1ccn(Cc2ccc(OC)c(Br)c2)c1. The number of halogens is 1. The van der Waals surface area contributed by atoms with Crippen LogP contribution in [0.25, 0.3) is 0 Å². The summed E-state index contributed by atoms with van der Waals surface area (Å²) < 4.78 is 8.46. The summed E-state index contributed by atoms with van der Waals surface area (Å²) in [6.45, 7) is 3.06. The van der Waals surface area contributed by atoms with Crippen molar-refractivity contribution in [3.63, 3.8) is 0 Å². The Kier molecular flexibility index (Phi) is 5.26. The maximum atomic E-state index is 5.25. The Morgan fingerprint density at radius 2 is 2.15 bits per heavy atom. The molecule has 1 atom stereocenters. The largest absolute Gasteiger partial charge is 0.496 e. The molecule has 1 aromatic carbocycles. The van der Waals surface area contributed by atoms with Crippen molar-refractivity contribution < 1.29 is 4.74 Å². The lowest BCUT2D eigenvalue weighted by molar-refractivity contribution is 0.412. The molecule has 0 amide bonds. The molecule has 2 rings (SSSR count). The van der Waals surface area contributed by atoms with Crippen molar-refractivity contribution in [1.29, 1.82) is 0 Å². The minimum absolute atomic E-state index is 0.429. The quantitative estimate of drug-likeness (QED) is 0.863. The molecule has 0 aliphatic rings. The van der Waals surface area contributed by atoms with Gasteiger partial charge in [0.15, 0.2) is 0 Å². The van der Waals surface area contributed by atoms with Gasteiger partial charge in [0.25, 0.3) is 0 Å². The smallest absolute Gasteiger partial charge is 0.133 e. The molecule has 0 spiro atoms. The summed E-state index contributed by atoms with van der Waals surface area (Å²) in [4.78, 5) is 0. The molecule has 4 heteroatoms. The average Bonchev–Trinajstić information content (AvgIpc) is 2.89. The fraction of sp³-hybridized carbons (Fsp3) is 0.375. The molecule has 0 bridgehead atoms. The normalized spacial score (nSPS) is 12.4. The third-order valence-electron chi connectivity index (χ3n) is 3.51. The predicted molar refractivity (Wildman–Crippen MR) is 86.3 cm³/mol. The number of nitrogens with zero attached hydrogens (tertiary/aromatic N) is 1. The lowest BCUT2D eigenvalue weighted by atomic mass is 10.1. The monoisotopic (exact) mass is 336 g/mol. The standard InChI is InChI=1S/C16H21BrN2O/c1-4-15(18-2)13-7-8-19(11-13)10-12-5-6-16(20-3)14(17)9-12/h5-9,11,15,18H,4,10H2,1-3H3. The van der Waals surface area contributed by atoms with Gasteiger partial charge in [-0.2, -0.15) is 0 Å². The number of nitrogens with one attached hydrogen (secondary N) is 1. The topological polar surface area (TPSA) is 26.2 Å². The van der Waals surface area contributed by atoms with Crippen LogP contribution >= 0.6 is 15.9 Å². The molecule has 0 saturated heterocycles. The van der Waals surface area contributed by atoms with Crippen LogP contribution in [0.3, 0.4) is 0 Å². The lowest BCUT2D eigenvalue weighted by Crippen LogP contribution is -2.14. The highest BCUT2D eigenvalue weighted by Gasteiger charge is 2.08. The second-order valence-electron chi connectivity index (χ2n) is 4.84. The molecule has 0 aliphatic heterocycles. The van der Waals surface area contributed by atoms with E-state index in [9.17, 15) is 0 Å². The van der Waals surface area contributed by atoms with Gasteiger partial charge in [-0.1, -0.05) is 13.0 Å². The number of hydrogen-bond acceptors (Lipinski definition) is 2. The maximum Gasteiger partial charge on any atom is 0.133 e. The Hall–Kier alpha value is -1.26. The van der Waals surface area contributed by atoms with Gasteiger partial charge in [0.05, 0.1) is 11.6 Å². The highest BCUT2D eigenvalue weighted by atomic mass is 79.9. The van der Waals surface area contributed by atoms with Crippen LogP contribution in [0.5, 0.6) is 5.75 Å². The van der Waals surface area contributed by atoms with E-state index in [0.717, 1.165) is 23.2 Å². The first-order chi connectivity index (χ1) is 9.67. The van der Waals surface area contributed by atoms with Gasteiger partial charge >= 0.3 is 0 Å². The second kappa shape index (κ2) is 6.95. The van der Waals surface area contributed by atoms with Gasteiger partial charge < -0.3 is 14.6 Å². The number of ether oxygens (including phenoxy) is 1. The molecule has 0 fully saturated rings. The fourth-order valence-electron chi connectivity index (χ4n) is 2.39.